The first kappa shape index (κ1) is 15.1. The van der Waals surface area contributed by atoms with Gasteiger partial charge in [0.2, 0.25) is 5.91 Å². The number of carboxylic acid groups (broad SMARTS) is 1. The number of amides is 1. The number of furan rings is 1. The molecule has 2 aromatic rings. The van der Waals surface area contributed by atoms with E-state index in [1.807, 2.05) is 25.1 Å². The number of hydrogen-bond donors (Lipinski definition) is 1. The molecule has 1 aromatic carbocycles. The molecule has 0 atom stereocenters. The molecule has 0 aliphatic heterocycles. The molecule has 21 heavy (non-hydrogen) atoms. The van der Waals surface area contributed by atoms with Gasteiger partial charge in [0, 0.05) is 17.0 Å². The zero-order chi connectivity index (χ0) is 15.6. The molecule has 0 saturated heterocycles. The molecular weight excluding hydrogens is 270 g/mol. The average molecular weight is 289 g/mol. The monoisotopic (exact) mass is 289 g/mol. The number of nitrogens with zero attached hydrogens (tertiary/aromatic N) is 1. The summed E-state index contributed by atoms with van der Waals surface area (Å²) in [5.41, 5.74) is 2.61. The summed E-state index contributed by atoms with van der Waals surface area (Å²) in [6.07, 6.45) is 1.71. The zero-order valence-electron chi connectivity index (χ0n) is 12.4. The van der Waals surface area contributed by atoms with E-state index in [1.165, 1.54) is 4.90 Å². The molecule has 0 radical (unpaired) electrons. The minimum Gasteiger partial charge on any atom is -0.480 e. The lowest BCUT2D eigenvalue weighted by molar-refractivity contribution is -0.145. The minimum atomic E-state index is -1.01. The van der Waals surface area contributed by atoms with Crippen LogP contribution < -0.4 is 0 Å². The van der Waals surface area contributed by atoms with Gasteiger partial charge in [-0.3, -0.25) is 9.59 Å². The van der Waals surface area contributed by atoms with Gasteiger partial charge in [-0.2, -0.15) is 0 Å². The smallest absolute Gasteiger partial charge is 0.323 e. The van der Waals surface area contributed by atoms with Gasteiger partial charge in [-0.1, -0.05) is 12.1 Å². The Morgan fingerprint density at radius 1 is 1.33 bits per heavy atom. The maximum atomic E-state index is 12.3. The van der Waals surface area contributed by atoms with E-state index in [0.717, 1.165) is 22.1 Å². The molecule has 0 aliphatic rings. The van der Waals surface area contributed by atoms with Crippen molar-refractivity contribution < 1.29 is 19.1 Å². The first-order valence-corrected chi connectivity index (χ1v) is 6.86. The van der Waals surface area contributed by atoms with Crippen LogP contribution in [0.4, 0.5) is 0 Å². The van der Waals surface area contributed by atoms with Crippen LogP contribution in [0.15, 0.2) is 28.9 Å². The van der Waals surface area contributed by atoms with Crippen molar-refractivity contribution in [1.82, 2.24) is 4.90 Å². The third kappa shape index (κ3) is 3.42. The molecule has 5 heteroatoms. The van der Waals surface area contributed by atoms with E-state index in [0.29, 0.717) is 0 Å². The fourth-order valence-corrected chi connectivity index (χ4v) is 2.30. The van der Waals surface area contributed by atoms with Crippen molar-refractivity contribution in [3.8, 4) is 0 Å². The lowest BCUT2D eigenvalue weighted by atomic mass is 10.1. The topological polar surface area (TPSA) is 70.8 Å². The Bertz CT molecular complexity index is 672. The van der Waals surface area contributed by atoms with E-state index in [-0.39, 0.29) is 24.9 Å². The van der Waals surface area contributed by atoms with Gasteiger partial charge in [0.05, 0.1) is 12.7 Å². The van der Waals surface area contributed by atoms with Crippen molar-refractivity contribution >= 4 is 22.8 Å². The summed E-state index contributed by atoms with van der Waals surface area (Å²) >= 11 is 0. The quantitative estimate of drug-likeness (QED) is 0.918. The first-order chi connectivity index (χ1) is 9.88. The molecule has 112 valence electrons. The number of carboxylic acids is 1. The second kappa shape index (κ2) is 5.99. The molecule has 0 spiro atoms. The Balaban J connectivity index is 2.22. The van der Waals surface area contributed by atoms with Crippen LogP contribution in [0.5, 0.6) is 0 Å². The minimum absolute atomic E-state index is 0.140. The highest BCUT2D eigenvalue weighted by molar-refractivity contribution is 5.89. The van der Waals surface area contributed by atoms with Gasteiger partial charge >= 0.3 is 5.97 Å². The zero-order valence-corrected chi connectivity index (χ0v) is 12.4. The Kier molecular flexibility index (Phi) is 4.31. The highest BCUT2D eigenvalue weighted by atomic mass is 16.4. The summed E-state index contributed by atoms with van der Waals surface area (Å²) < 4.78 is 5.46. The van der Waals surface area contributed by atoms with Gasteiger partial charge in [-0.25, -0.2) is 0 Å². The summed E-state index contributed by atoms with van der Waals surface area (Å²) in [6, 6.07) is 5.65. The van der Waals surface area contributed by atoms with Crippen LogP contribution in [0.2, 0.25) is 0 Å². The number of aliphatic carboxylic acids is 1. The highest BCUT2D eigenvalue weighted by Gasteiger charge is 2.21. The van der Waals surface area contributed by atoms with Crippen LogP contribution in [0, 0.1) is 6.92 Å². The maximum absolute atomic E-state index is 12.3. The van der Waals surface area contributed by atoms with Gasteiger partial charge in [0.25, 0.3) is 0 Å². The number of rotatable bonds is 5. The predicted octanol–water partition coefficient (Wildman–Crippen LogP) is 2.61. The van der Waals surface area contributed by atoms with Crippen LogP contribution in [0.3, 0.4) is 0 Å². The molecule has 1 heterocycles. The molecule has 0 bridgehead atoms. The van der Waals surface area contributed by atoms with Crippen molar-refractivity contribution in [2.45, 2.75) is 33.2 Å². The standard InChI is InChI=1S/C16H19NO4/c1-10(2)17(8-16(19)20)15(18)7-12-9-21-14-6-11(3)4-5-13(12)14/h4-6,9-10H,7-8H2,1-3H3,(H,19,20). The van der Waals surface area contributed by atoms with Crippen LogP contribution in [0.1, 0.15) is 25.0 Å². The van der Waals surface area contributed by atoms with Crippen molar-refractivity contribution in [2.75, 3.05) is 6.54 Å². The first-order valence-electron chi connectivity index (χ1n) is 6.86. The van der Waals surface area contributed by atoms with E-state index in [2.05, 4.69) is 0 Å². The summed E-state index contributed by atoms with van der Waals surface area (Å²) in [6.45, 7) is 5.29. The molecule has 0 fully saturated rings. The summed E-state index contributed by atoms with van der Waals surface area (Å²) in [5, 5.41) is 9.79. The molecule has 0 unspecified atom stereocenters. The summed E-state index contributed by atoms with van der Waals surface area (Å²) in [7, 11) is 0. The third-order valence-electron chi connectivity index (χ3n) is 3.40. The van der Waals surface area contributed by atoms with E-state index in [1.54, 1.807) is 20.1 Å². The van der Waals surface area contributed by atoms with E-state index >= 15 is 0 Å². The second-order valence-corrected chi connectivity index (χ2v) is 5.45. The van der Waals surface area contributed by atoms with Crippen LogP contribution in [-0.4, -0.2) is 34.5 Å². The van der Waals surface area contributed by atoms with Crippen molar-refractivity contribution in [3.63, 3.8) is 0 Å². The number of hydrogen-bond acceptors (Lipinski definition) is 3. The lowest BCUT2D eigenvalue weighted by Crippen LogP contribution is -2.41. The molecule has 1 aromatic heterocycles. The number of carbonyl (C=O) groups excluding carboxylic acids is 1. The van der Waals surface area contributed by atoms with Gasteiger partial charge in [0.15, 0.2) is 0 Å². The van der Waals surface area contributed by atoms with Gasteiger partial charge < -0.3 is 14.4 Å². The molecule has 2 rings (SSSR count). The number of carbonyl (C=O) groups is 2. The fourth-order valence-electron chi connectivity index (χ4n) is 2.30. The maximum Gasteiger partial charge on any atom is 0.323 e. The molecule has 1 N–H and O–H groups in total. The molecular formula is C16H19NO4. The molecule has 0 aliphatic carbocycles. The van der Waals surface area contributed by atoms with Crippen LogP contribution >= 0.6 is 0 Å². The van der Waals surface area contributed by atoms with E-state index in [4.69, 9.17) is 9.52 Å². The predicted molar refractivity (Wildman–Crippen MR) is 79.1 cm³/mol. The third-order valence-corrected chi connectivity index (χ3v) is 3.40. The largest absolute Gasteiger partial charge is 0.480 e. The van der Waals surface area contributed by atoms with Crippen molar-refractivity contribution in [1.29, 1.82) is 0 Å². The number of fused-ring (bicyclic) bond motifs is 1. The van der Waals surface area contributed by atoms with Crippen LogP contribution in [-0.2, 0) is 16.0 Å². The Labute approximate surface area is 123 Å². The number of benzene rings is 1. The Hall–Kier alpha value is -2.30. The lowest BCUT2D eigenvalue weighted by Gasteiger charge is -2.24. The van der Waals surface area contributed by atoms with E-state index in [9.17, 15) is 9.59 Å². The van der Waals surface area contributed by atoms with Gasteiger partial charge in [0.1, 0.15) is 12.1 Å². The van der Waals surface area contributed by atoms with Crippen molar-refractivity contribution in [3.05, 3.63) is 35.6 Å². The highest BCUT2D eigenvalue weighted by Crippen LogP contribution is 2.23. The summed E-state index contributed by atoms with van der Waals surface area (Å²) in [5.74, 6) is -1.22. The van der Waals surface area contributed by atoms with Crippen molar-refractivity contribution in [2.24, 2.45) is 0 Å². The van der Waals surface area contributed by atoms with Crippen LogP contribution in [0.25, 0.3) is 11.0 Å². The molecule has 0 saturated carbocycles. The van der Waals surface area contributed by atoms with E-state index < -0.39 is 5.97 Å². The SMILES string of the molecule is Cc1ccc2c(CC(=O)N(CC(=O)O)C(C)C)coc2c1. The number of aryl methyl sites for hydroxylation is 1. The Morgan fingerprint density at radius 2 is 2.05 bits per heavy atom. The molecule has 5 nitrogen and oxygen atoms in total. The van der Waals surface area contributed by atoms with Gasteiger partial charge in [-0.05, 0) is 32.4 Å². The second-order valence-electron chi connectivity index (χ2n) is 5.45. The summed E-state index contributed by atoms with van der Waals surface area (Å²) in [4.78, 5) is 24.5. The molecule has 1 amide bonds. The normalized spacial score (nSPS) is 11.0. The fraction of sp³-hybridized carbons (Fsp3) is 0.375. The average Bonchev–Trinajstić information content (AvgIpc) is 2.77. The van der Waals surface area contributed by atoms with Gasteiger partial charge in [-0.15, -0.1) is 0 Å². The Morgan fingerprint density at radius 3 is 2.67 bits per heavy atom.